The summed E-state index contributed by atoms with van der Waals surface area (Å²) in [5, 5.41) is 4.87. The van der Waals surface area contributed by atoms with Crippen LogP contribution < -0.4 is 5.43 Å². The number of hydrogen-bond acceptors (Lipinski definition) is 4. The summed E-state index contributed by atoms with van der Waals surface area (Å²) >= 11 is 7.62. The summed E-state index contributed by atoms with van der Waals surface area (Å²) in [7, 11) is 0. The molecule has 0 fully saturated rings. The predicted octanol–water partition coefficient (Wildman–Crippen LogP) is 5.18. The average molecular weight is 396 g/mol. The van der Waals surface area contributed by atoms with Crippen molar-refractivity contribution in [3.8, 4) is 0 Å². The number of aromatic nitrogens is 1. The summed E-state index contributed by atoms with van der Waals surface area (Å²) in [4.78, 5) is 17.4. The van der Waals surface area contributed by atoms with Crippen LogP contribution in [0.4, 0.5) is 0 Å². The maximum atomic E-state index is 12.3. The SMILES string of the molecule is C/C(=N\NC(=O)c1ccc(CSc2ccc(Cl)cc2)cc1)c1cccnc1. The second kappa shape index (κ2) is 9.35. The first-order chi connectivity index (χ1) is 13.1. The van der Waals surface area contributed by atoms with E-state index in [1.807, 2.05) is 67.6 Å². The number of nitrogens with one attached hydrogen (secondary N) is 1. The van der Waals surface area contributed by atoms with Gasteiger partial charge in [-0.2, -0.15) is 5.10 Å². The van der Waals surface area contributed by atoms with Gasteiger partial charge in [-0.1, -0.05) is 29.8 Å². The number of halogens is 1. The molecular weight excluding hydrogens is 378 g/mol. The van der Waals surface area contributed by atoms with E-state index < -0.39 is 0 Å². The van der Waals surface area contributed by atoms with Crippen LogP contribution in [0.2, 0.25) is 5.02 Å². The molecule has 1 heterocycles. The lowest BCUT2D eigenvalue weighted by molar-refractivity contribution is 0.0955. The zero-order valence-corrected chi connectivity index (χ0v) is 16.3. The van der Waals surface area contributed by atoms with Gasteiger partial charge in [0.15, 0.2) is 0 Å². The van der Waals surface area contributed by atoms with Crippen molar-refractivity contribution in [1.29, 1.82) is 0 Å². The zero-order valence-electron chi connectivity index (χ0n) is 14.7. The fourth-order valence-electron chi connectivity index (χ4n) is 2.29. The fraction of sp³-hybridized carbons (Fsp3) is 0.0952. The van der Waals surface area contributed by atoms with Crippen LogP contribution in [0.15, 0.2) is 83.1 Å². The minimum atomic E-state index is -0.241. The quantitative estimate of drug-likeness (QED) is 0.355. The van der Waals surface area contributed by atoms with Crippen molar-refractivity contribution in [3.05, 3.63) is 94.8 Å². The molecule has 27 heavy (non-hydrogen) atoms. The van der Waals surface area contributed by atoms with Gasteiger partial charge in [0.25, 0.3) is 5.91 Å². The first-order valence-electron chi connectivity index (χ1n) is 8.34. The Morgan fingerprint density at radius 3 is 2.48 bits per heavy atom. The van der Waals surface area contributed by atoms with E-state index in [4.69, 9.17) is 11.6 Å². The van der Waals surface area contributed by atoms with E-state index in [1.54, 1.807) is 24.2 Å². The molecule has 2 aromatic carbocycles. The predicted molar refractivity (Wildman–Crippen MR) is 111 cm³/mol. The highest BCUT2D eigenvalue weighted by Gasteiger charge is 2.05. The molecular formula is C21H18ClN3OS. The lowest BCUT2D eigenvalue weighted by Crippen LogP contribution is -2.19. The molecule has 0 unspecified atom stereocenters. The molecule has 0 aliphatic heterocycles. The number of hydrogen-bond donors (Lipinski definition) is 1. The molecule has 0 radical (unpaired) electrons. The van der Waals surface area contributed by atoms with Gasteiger partial charge in [-0.25, -0.2) is 5.43 Å². The number of nitrogens with zero attached hydrogens (tertiary/aromatic N) is 2. The smallest absolute Gasteiger partial charge is 0.267 e. The highest BCUT2D eigenvalue weighted by molar-refractivity contribution is 7.98. The number of rotatable bonds is 6. The average Bonchev–Trinajstić information content (AvgIpc) is 2.72. The third-order valence-electron chi connectivity index (χ3n) is 3.84. The number of amides is 1. The molecule has 3 aromatic rings. The number of carbonyl (C=O) groups excluding carboxylic acids is 1. The maximum absolute atomic E-state index is 12.3. The fourth-order valence-corrected chi connectivity index (χ4v) is 3.27. The molecule has 1 N–H and O–H groups in total. The summed E-state index contributed by atoms with van der Waals surface area (Å²) in [6.45, 7) is 1.83. The highest BCUT2D eigenvalue weighted by Crippen LogP contribution is 2.24. The number of carbonyl (C=O) groups is 1. The minimum absolute atomic E-state index is 0.241. The molecule has 6 heteroatoms. The van der Waals surface area contributed by atoms with E-state index in [2.05, 4.69) is 15.5 Å². The van der Waals surface area contributed by atoms with Crippen molar-refractivity contribution < 1.29 is 4.79 Å². The largest absolute Gasteiger partial charge is 0.271 e. The molecule has 1 amide bonds. The van der Waals surface area contributed by atoms with Crippen LogP contribution in [0.3, 0.4) is 0 Å². The van der Waals surface area contributed by atoms with Crippen molar-refractivity contribution in [2.75, 3.05) is 0 Å². The lowest BCUT2D eigenvalue weighted by atomic mass is 10.1. The van der Waals surface area contributed by atoms with Gasteiger partial charge in [0.1, 0.15) is 0 Å². The minimum Gasteiger partial charge on any atom is -0.267 e. The van der Waals surface area contributed by atoms with Crippen molar-refractivity contribution >= 4 is 35.0 Å². The van der Waals surface area contributed by atoms with Gasteiger partial charge in [-0.05, 0) is 55.0 Å². The molecule has 1 aromatic heterocycles. The van der Waals surface area contributed by atoms with E-state index in [1.165, 1.54) is 0 Å². The Kier molecular flexibility index (Phi) is 6.63. The summed E-state index contributed by atoms with van der Waals surface area (Å²) in [5.74, 6) is 0.581. The van der Waals surface area contributed by atoms with Crippen LogP contribution in [0, 0.1) is 0 Å². The summed E-state index contributed by atoms with van der Waals surface area (Å²) < 4.78 is 0. The molecule has 0 saturated heterocycles. The zero-order chi connectivity index (χ0) is 19.1. The Bertz CT molecular complexity index is 926. The van der Waals surface area contributed by atoms with E-state index in [0.717, 1.165) is 26.8 Å². The molecule has 0 aliphatic carbocycles. The Morgan fingerprint density at radius 2 is 1.81 bits per heavy atom. The van der Waals surface area contributed by atoms with Crippen molar-refractivity contribution in [1.82, 2.24) is 10.4 Å². The Labute approximate surface area is 167 Å². The highest BCUT2D eigenvalue weighted by atomic mass is 35.5. The molecule has 136 valence electrons. The van der Waals surface area contributed by atoms with Crippen LogP contribution in [-0.4, -0.2) is 16.6 Å². The second-order valence-electron chi connectivity index (χ2n) is 5.82. The van der Waals surface area contributed by atoms with Crippen LogP contribution in [0.25, 0.3) is 0 Å². The van der Waals surface area contributed by atoms with Gasteiger partial charge in [-0.15, -0.1) is 11.8 Å². The number of pyridine rings is 1. The molecule has 0 spiro atoms. The van der Waals surface area contributed by atoms with E-state index >= 15 is 0 Å². The molecule has 0 bridgehead atoms. The molecule has 3 rings (SSSR count). The van der Waals surface area contributed by atoms with Crippen LogP contribution in [0.1, 0.15) is 28.4 Å². The Morgan fingerprint density at radius 1 is 1.07 bits per heavy atom. The topological polar surface area (TPSA) is 54.4 Å². The van der Waals surface area contributed by atoms with Crippen LogP contribution >= 0.6 is 23.4 Å². The summed E-state index contributed by atoms with van der Waals surface area (Å²) in [6, 6.07) is 19.0. The van der Waals surface area contributed by atoms with Crippen molar-refractivity contribution in [2.24, 2.45) is 5.10 Å². The van der Waals surface area contributed by atoms with E-state index in [-0.39, 0.29) is 5.91 Å². The Balaban J connectivity index is 1.56. The van der Waals surface area contributed by atoms with Crippen molar-refractivity contribution in [2.45, 2.75) is 17.6 Å². The van der Waals surface area contributed by atoms with Gasteiger partial charge in [0.05, 0.1) is 5.71 Å². The number of hydrazone groups is 1. The third-order valence-corrected chi connectivity index (χ3v) is 5.17. The van der Waals surface area contributed by atoms with Gasteiger partial charge in [0.2, 0.25) is 0 Å². The molecule has 0 saturated carbocycles. The van der Waals surface area contributed by atoms with Gasteiger partial charge in [0, 0.05) is 39.2 Å². The maximum Gasteiger partial charge on any atom is 0.271 e. The van der Waals surface area contributed by atoms with Crippen LogP contribution in [0.5, 0.6) is 0 Å². The Hall–Kier alpha value is -2.63. The first kappa shape index (κ1) is 19.1. The molecule has 4 nitrogen and oxygen atoms in total. The second-order valence-corrected chi connectivity index (χ2v) is 7.30. The van der Waals surface area contributed by atoms with Crippen LogP contribution in [-0.2, 0) is 5.75 Å². The first-order valence-corrected chi connectivity index (χ1v) is 9.70. The lowest BCUT2D eigenvalue weighted by Gasteiger charge is -2.05. The normalized spacial score (nSPS) is 11.3. The summed E-state index contributed by atoms with van der Waals surface area (Å²) in [6.07, 6.45) is 3.40. The van der Waals surface area contributed by atoms with Gasteiger partial charge >= 0.3 is 0 Å². The molecule has 0 atom stereocenters. The van der Waals surface area contributed by atoms with Gasteiger partial charge in [-0.3, -0.25) is 9.78 Å². The van der Waals surface area contributed by atoms with Crippen molar-refractivity contribution in [3.63, 3.8) is 0 Å². The summed E-state index contributed by atoms with van der Waals surface area (Å²) in [5.41, 5.74) is 5.86. The standard InChI is InChI=1S/C21H18ClN3OS/c1-15(18-3-2-12-23-13-18)24-25-21(26)17-6-4-16(5-7-17)14-27-20-10-8-19(22)9-11-20/h2-13H,14H2,1H3,(H,25,26)/b24-15+. The number of thioether (sulfide) groups is 1. The van der Waals surface area contributed by atoms with E-state index in [9.17, 15) is 4.79 Å². The number of benzene rings is 2. The van der Waals surface area contributed by atoms with E-state index in [0.29, 0.717) is 11.3 Å². The third kappa shape index (κ3) is 5.67. The van der Waals surface area contributed by atoms with Gasteiger partial charge < -0.3 is 0 Å². The monoisotopic (exact) mass is 395 g/mol. The molecule has 0 aliphatic rings.